The van der Waals surface area contributed by atoms with Crippen LogP contribution in [0.15, 0.2) is 12.2 Å². The van der Waals surface area contributed by atoms with Gasteiger partial charge in [0.2, 0.25) is 11.8 Å². The van der Waals surface area contributed by atoms with E-state index in [-0.39, 0.29) is 30.1 Å². The van der Waals surface area contributed by atoms with E-state index in [1.54, 1.807) is 0 Å². The molecule has 1 aliphatic carbocycles. The van der Waals surface area contributed by atoms with E-state index < -0.39 is 5.97 Å². The molecule has 0 aromatic rings. The maximum atomic E-state index is 12.1. The fourth-order valence-corrected chi connectivity index (χ4v) is 2.81. The standard InChI is InChI=1S/C14H19NO4/c16-12(17)8-2-1-5-9-15-13(18)10-6-3-4-7-11(10)14(15)19/h3-4,10-11H,1-2,5-9H2,(H,16,17)/p-1/t10-,11-/m1/s1. The van der Waals surface area contributed by atoms with E-state index >= 15 is 0 Å². The summed E-state index contributed by atoms with van der Waals surface area (Å²) in [5.41, 5.74) is 0. The third-order valence-electron chi connectivity index (χ3n) is 3.86. The Balaban J connectivity index is 1.80. The summed E-state index contributed by atoms with van der Waals surface area (Å²) in [7, 11) is 0. The number of allylic oxidation sites excluding steroid dienone is 2. The zero-order valence-electron chi connectivity index (χ0n) is 10.8. The van der Waals surface area contributed by atoms with E-state index in [9.17, 15) is 19.5 Å². The maximum Gasteiger partial charge on any atom is 0.233 e. The number of imide groups is 1. The lowest BCUT2D eigenvalue weighted by Gasteiger charge is -2.14. The number of fused-ring (bicyclic) bond motifs is 1. The molecular weight excluding hydrogens is 246 g/mol. The van der Waals surface area contributed by atoms with Crippen LogP contribution in [-0.2, 0) is 14.4 Å². The number of carboxylic acid groups (broad SMARTS) is 1. The first kappa shape index (κ1) is 13.8. The summed E-state index contributed by atoms with van der Waals surface area (Å²) >= 11 is 0. The Hall–Kier alpha value is -1.65. The highest BCUT2D eigenvalue weighted by Crippen LogP contribution is 2.35. The molecule has 0 bridgehead atoms. The van der Waals surface area contributed by atoms with Gasteiger partial charge in [-0.15, -0.1) is 0 Å². The van der Waals surface area contributed by atoms with Crippen molar-refractivity contribution in [1.82, 2.24) is 4.90 Å². The molecule has 2 aliphatic rings. The highest BCUT2D eigenvalue weighted by molar-refractivity contribution is 6.05. The number of nitrogens with zero attached hydrogens (tertiary/aromatic N) is 1. The summed E-state index contributed by atoms with van der Waals surface area (Å²) in [5, 5.41) is 10.3. The predicted molar refractivity (Wildman–Crippen MR) is 65.5 cm³/mol. The number of rotatable bonds is 6. The number of carboxylic acids is 1. The molecule has 0 saturated carbocycles. The molecule has 1 fully saturated rings. The summed E-state index contributed by atoms with van der Waals surface area (Å²) in [6.07, 6.45) is 7.19. The number of unbranched alkanes of at least 4 members (excludes halogenated alkanes) is 2. The van der Waals surface area contributed by atoms with Gasteiger partial charge in [0.1, 0.15) is 0 Å². The Kier molecular flexibility index (Phi) is 4.35. The van der Waals surface area contributed by atoms with Gasteiger partial charge in [-0.1, -0.05) is 18.6 Å². The molecule has 0 aromatic heterocycles. The molecule has 0 radical (unpaired) electrons. The van der Waals surface area contributed by atoms with E-state index in [0.717, 1.165) is 0 Å². The van der Waals surface area contributed by atoms with Gasteiger partial charge in [0, 0.05) is 12.5 Å². The molecule has 1 aliphatic heterocycles. The quantitative estimate of drug-likeness (QED) is 0.391. The number of hydrogen-bond acceptors (Lipinski definition) is 4. The minimum Gasteiger partial charge on any atom is -0.550 e. The van der Waals surface area contributed by atoms with Gasteiger partial charge in [-0.05, 0) is 32.1 Å². The molecule has 0 unspecified atom stereocenters. The summed E-state index contributed by atoms with van der Waals surface area (Å²) < 4.78 is 0. The van der Waals surface area contributed by atoms with Crippen LogP contribution in [0.3, 0.4) is 0 Å². The number of amides is 2. The van der Waals surface area contributed by atoms with Crippen LogP contribution in [0.25, 0.3) is 0 Å². The molecule has 5 heteroatoms. The van der Waals surface area contributed by atoms with Crippen molar-refractivity contribution in [1.29, 1.82) is 0 Å². The Morgan fingerprint density at radius 3 is 2.21 bits per heavy atom. The molecule has 2 rings (SSSR count). The summed E-state index contributed by atoms with van der Waals surface area (Å²) in [5.74, 6) is -1.50. The Morgan fingerprint density at radius 2 is 1.68 bits per heavy atom. The SMILES string of the molecule is O=C([O-])CCCCCN1C(=O)[C@@H]2CC=CC[C@H]2C1=O. The number of hydrogen-bond donors (Lipinski definition) is 0. The zero-order valence-corrected chi connectivity index (χ0v) is 10.8. The Labute approximate surface area is 112 Å². The second-order valence-corrected chi connectivity index (χ2v) is 5.17. The normalized spacial score (nSPS) is 25.8. The first-order valence-corrected chi connectivity index (χ1v) is 6.81. The van der Waals surface area contributed by atoms with Gasteiger partial charge in [-0.3, -0.25) is 14.5 Å². The van der Waals surface area contributed by atoms with E-state index in [1.807, 2.05) is 12.2 Å². The summed E-state index contributed by atoms with van der Waals surface area (Å²) in [4.78, 5) is 35.8. The second-order valence-electron chi connectivity index (χ2n) is 5.17. The minimum absolute atomic E-state index is 0.0388. The van der Waals surface area contributed by atoms with E-state index in [1.165, 1.54) is 4.90 Å². The number of likely N-dealkylation sites (tertiary alicyclic amines) is 1. The molecular formula is C14H18NO4-. The number of aliphatic carboxylic acids is 1. The Morgan fingerprint density at radius 1 is 1.11 bits per heavy atom. The van der Waals surface area contributed by atoms with E-state index in [0.29, 0.717) is 38.6 Å². The molecule has 1 heterocycles. The van der Waals surface area contributed by atoms with Crippen molar-refractivity contribution in [2.24, 2.45) is 11.8 Å². The van der Waals surface area contributed by atoms with Gasteiger partial charge in [-0.2, -0.15) is 0 Å². The lowest BCUT2D eigenvalue weighted by Crippen LogP contribution is -2.32. The molecule has 2 amide bonds. The maximum absolute atomic E-state index is 12.1. The van der Waals surface area contributed by atoms with Gasteiger partial charge in [0.05, 0.1) is 11.8 Å². The van der Waals surface area contributed by atoms with Crippen LogP contribution in [0, 0.1) is 11.8 Å². The molecule has 0 aromatic carbocycles. The topological polar surface area (TPSA) is 77.5 Å². The van der Waals surface area contributed by atoms with Crippen LogP contribution in [-0.4, -0.2) is 29.2 Å². The van der Waals surface area contributed by atoms with Crippen LogP contribution < -0.4 is 5.11 Å². The smallest absolute Gasteiger partial charge is 0.233 e. The summed E-state index contributed by atoms with van der Waals surface area (Å²) in [6.45, 7) is 0.414. The molecule has 0 N–H and O–H groups in total. The Bertz CT molecular complexity index is 390. The van der Waals surface area contributed by atoms with Crippen LogP contribution in [0.4, 0.5) is 0 Å². The monoisotopic (exact) mass is 264 g/mol. The van der Waals surface area contributed by atoms with Crippen molar-refractivity contribution < 1.29 is 19.5 Å². The van der Waals surface area contributed by atoms with Crippen molar-refractivity contribution in [3.05, 3.63) is 12.2 Å². The second kappa shape index (κ2) is 5.99. The van der Waals surface area contributed by atoms with Crippen LogP contribution >= 0.6 is 0 Å². The van der Waals surface area contributed by atoms with Gasteiger partial charge >= 0.3 is 0 Å². The van der Waals surface area contributed by atoms with Crippen molar-refractivity contribution >= 4 is 17.8 Å². The average molecular weight is 264 g/mol. The highest BCUT2D eigenvalue weighted by atomic mass is 16.4. The van der Waals surface area contributed by atoms with Crippen molar-refractivity contribution in [2.75, 3.05) is 6.54 Å². The fraction of sp³-hybridized carbons (Fsp3) is 0.643. The molecule has 5 nitrogen and oxygen atoms in total. The zero-order chi connectivity index (χ0) is 13.8. The third kappa shape index (κ3) is 3.03. The lowest BCUT2D eigenvalue weighted by atomic mass is 9.85. The molecule has 104 valence electrons. The van der Waals surface area contributed by atoms with Gasteiger partial charge in [0.15, 0.2) is 0 Å². The van der Waals surface area contributed by atoms with E-state index in [4.69, 9.17) is 0 Å². The first-order chi connectivity index (χ1) is 9.11. The van der Waals surface area contributed by atoms with Crippen LogP contribution in [0.1, 0.15) is 38.5 Å². The predicted octanol–water partition coefficient (Wildman–Crippen LogP) is 0.248. The lowest BCUT2D eigenvalue weighted by molar-refractivity contribution is -0.305. The number of carbonyl (C=O) groups excluding carboxylic acids is 3. The van der Waals surface area contributed by atoms with Crippen molar-refractivity contribution in [3.63, 3.8) is 0 Å². The largest absolute Gasteiger partial charge is 0.550 e. The van der Waals surface area contributed by atoms with Gasteiger partial charge < -0.3 is 9.90 Å². The molecule has 19 heavy (non-hydrogen) atoms. The highest BCUT2D eigenvalue weighted by Gasteiger charge is 2.46. The van der Waals surface area contributed by atoms with E-state index in [2.05, 4.69) is 0 Å². The van der Waals surface area contributed by atoms with Crippen LogP contribution in [0.2, 0.25) is 0 Å². The van der Waals surface area contributed by atoms with Gasteiger partial charge in [0.25, 0.3) is 0 Å². The van der Waals surface area contributed by atoms with Crippen molar-refractivity contribution in [3.8, 4) is 0 Å². The van der Waals surface area contributed by atoms with Crippen molar-refractivity contribution in [2.45, 2.75) is 38.5 Å². The molecule has 2 atom stereocenters. The fourth-order valence-electron chi connectivity index (χ4n) is 2.81. The number of carbonyl (C=O) groups is 3. The third-order valence-corrected chi connectivity index (χ3v) is 3.86. The average Bonchev–Trinajstić information content (AvgIpc) is 2.63. The van der Waals surface area contributed by atoms with Crippen LogP contribution in [0.5, 0.6) is 0 Å². The molecule has 0 spiro atoms. The minimum atomic E-state index is -1.05. The molecule has 1 saturated heterocycles. The summed E-state index contributed by atoms with van der Waals surface area (Å²) in [6, 6.07) is 0. The first-order valence-electron chi connectivity index (χ1n) is 6.81. The van der Waals surface area contributed by atoms with Gasteiger partial charge in [-0.25, -0.2) is 0 Å².